The van der Waals surface area contributed by atoms with Crippen LogP contribution in [0.4, 0.5) is 0 Å². The molecule has 1 aliphatic carbocycles. The van der Waals surface area contributed by atoms with Gasteiger partial charge in [-0.3, -0.25) is 0 Å². The summed E-state index contributed by atoms with van der Waals surface area (Å²) in [6.45, 7) is 9.92. The summed E-state index contributed by atoms with van der Waals surface area (Å²) >= 11 is 2.15. The lowest BCUT2D eigenvalue weighted by Gasteiger charge is -2.22. The second-order valence-electron chi connectivity index (χ2n) is 6.14. The Bertz CT molecular complexity index is 226. The third-order valence-electron chi connectivity index (χ3n) is 3.84. The van der Waals surface area contributed by atoms with E-state index in [1.807, 2.05) is 0 Å². The van der Waals surface area contributed by atoms with Gasteiger partial charge in [0.2, 0.25) is 0 Å². The Morgan fingerprint density at radius 1 is 1.24 bits per heavy atom. The quantitative estimate of drug-likeness (QED) is 0.736. The normalized spacial score (nSPS) is 25.8. The lowest BCUT2D eigenvalue weighted by Crippen LogP contribution is -2.29. The molecule has 1 heterocycles. The highest BCUT2D eigenvalue weighted by atomic mass is 32.2. The molecule has 3 heteroatoms. The fourth-order valence-corrected chi connectivity index (χ4v) is 3.48. The second-order valence-corrected chi connectivity index (χ2v) is 7.94. The third-order valence-corrected chi connectivity index (χ3v) is 5.21. The van der Waals surface area contributed by atoms with Crippen molar-refractivity contribution >= 4 is 11.8 Å². The summed E-state index contributed by atoms with van der Waals surface area (Å²) in [6, 6.07) is 0.880. The Kier molecular flexibility index (Phi) is 5.19. The zero-order valence-electron chi connectivity index (χ0n) is 11.5. The van der Waals surface area contributed by atoms with Gasteiger partial charge in [-0.15, -0.1) is 0 Å². The fourth-order valence-electron chi connectivity index (χ4n) is 2.34. The zero-order chi connectivity index (χ0) is 12.1. The fraction of sp³-hybridized carbons (Fsp3) is 1.00. The van der Waals surface area contributed by atoms with Crippen molar-refractivity contribution < 1.29 is 0 Å². The highest BCUT2D eigenvalue weighted by Gasteiger charge is 2.23. The summed E-state index contributed by atoms with van der Waals surface area (Å²) in [4.78, 5) is 2.67. The number of unbranched alkanes of at least 4 members (excludes halogenated alkanes) is 1. The molecule has 100 valence electrons. The van der Waals surface area contributed by atoms with Crippen molar-refractivity contribution in [2.24, 2.45) is 0 Å². The largest absolute Gasteiger partial charge is 0.314 e. The second kappa shape index (κ2) is 6.44. The average molecular weight is 256 g/mol. The molecule has 0 amide bonds. The van der Waals surface area contributed by atoms with E-state index < -0.39 is 0 Å². The van der Waals surface area contributed by atoms with Crippen LogP contribution in [0.15, 0.2) is 0 Å². The molecule has 1 saturated heterocycles. The lowest BCUT2D eigenvalue weighted by molar-refractivity contribution is 0.278. The van der Waals surface area contributed by atoms with Crippen LogP contribution in [0.2, 0.25) is 0 Å². The van der Waals surface area contributed by atoms with E-state index in [1.165, 1.54) is 64.0 Å². The molecule has 0 aromatic carbocycles. The summed E-state index contributed by atoms with van der Waals surface area (Å²) in [5.74, 6) is 1.31. The first-order valence-corrected chi connectivity index (χ1v) is 8.24. The van der Waals surface area contributed by atoms with Crippen LogP contribution in [0.25, 0.3) is 0 Å². The number of nitrogens with zero attached hydrogens (tertiary/aromatic N) is 1. The van der Waals surface area contributed by atoms with Crippen molar-refractivity contribution in [1.82, 2.24) is 10.2 Å². The van der Waals surface area contributed by atoms with Gasteiger partial charge in [-0.05, 0) is 51.7 Å². The van der Waals surface area contributed by atoms with Crippen molar-refractivity contribution in [2.75, 3.05) is 31.9 Å². The van der Waals surface area contributed by atoms with Gasteiger partial charge in [0.1, 0.15) is 0 Å². The first-order chi connectivity index (χ1) is 8.16. The third kappa shape index (κ3) is 5.62. The Labute approximate surface area is 111 Å². The Morgan fingerprint density at radius 3 is 2.82 bits per heavy atom. The topological polar surface area (TPSA) is 15.3 Å². The molecule has 0 aromatic heterocycles. The Morgan fingerprint density at radius 2 is 2.06 bits per heavy atom. The van der Waals surface area contributed by atoms with Crippen LogP contribution >= 0.6 is 11.8 Å². The maximum Gasteiger partial charge on any atom is 0.0116 e. The van der Waals surface area contributed by atoms with Crippen molar-refractivity contribution in [3.05, 3.63) is 0 Å². The summed E-state index contributed by atoms with van der Waals surface area (Å²) < 4.78 is 0.502. The van der Waals surface area contributed by atoms with Crippen LogP contribution in [0, 0.1) is 0 Å². The van der Waals surface area contributed by atoms with Gasteiger partial charge in [-0.1, -0.05) is 13.8 Å². The van der Waals surface area contributed by atoms with Crippen LogP contribution in [-0.2, 0) is 0 Å². The highest BCUT2D eigenvalue weighted by molar-refractivity contribution is 8.00. The molecule has 0 aromatic rings. The number of rotatable bonds is 6. The summed E-state index contributed by atoms with van der Waals surface area (Å²) in [5, 5.41) is 3.60. The maximum atomic E-state index is 3.60. The van der Waals surface area contributed by atoms with E-state index >= 15 is 0 Å². The number of nitrogens with one attached hydrogen (secondary N) is 1. The van der Waals surface area contributed by atoms with Crippen LogP contribution < -0.4 is 5.32 Å². The summed E-state index contributed by atoms with van der Waals surface area (Å²) in [5.41, 5.74) is 0. The SMILES string of the molecule is CC1(C)CCN(CCCCNC2CC2)CCS1. The average Bonchev–Trinajstić information content (AvgIpc) is 3.08. The van der Waals surface area contributed by atoms with E-state index in [-0.39, 0.29) is 0 Å². The van der Waals surface area contributed by atoms with Gasteiger partial charge < -0.3 is 10.2 Å². The summed E-state index contributed by atoms with van der Waals surface area (Å²) in [6.07, 6.45) is 6.89. The summed E-state index contributed by atoms with van der Waals surface area (Å²) in [7, 11) is 0. The predicted molar refractivity (Wildman–Crippen MR) is 77.9 cm³/mol. The van der Waals surface area contributed by atoms with Gasteiger partial charge >= 0.3 is 0 Å². The number of hydrogen-bond donors (Lipinski definition) is 1. The monoisotopic (exact) mass is 256 g/mol. The van der Waals surface area contributed by atoms with Crippen LogP contribution in [-0.4, -0.2) is 47.6 Å². The molecule has 2 nitrogen and oxygen atoms in total. The Hall–Kier alpha value is 0.270. The molecule has 0 spiro atoms. The van der Waals surface area contributed by atoms with Gasteiger partial charge in [0.05, 0.1) is 0 Å². The smallest absolute Gasteiger partial charge is 0.0116 e. The highest BCUT2D eigenvalue weighted by Crippen LogP contribution is 2.30. The van der Waals surface area contributed by atoms with Crippen molar-refractivity contribution in [2.45, 2.75) is 56.7 Å². The van der Waals surface area contributed by atoms with Gasteiger partial charge in [-0.25, -0.2) is 0 Å². The van der Waals surface area contributed by atoms with E-state index in [0.717, 1.165) is 6.04 Å². The number of hydrogen-bond acceptors (Lipinski definition) is 3. The standard InChI is InChI=1S/C14H28N2S/c1-14(2)7-10-16(11-12-17-14)9-4-3-8-15-13-5-6-13/h13,15H,3-12H2,1-2H3. The molecular formula is C14H28N2S. The van der Waals surface area contributed by atoms with Gasteiger partial charge in [-0.2, -0.15) is 11.8 Å². The van der Waals surface area contributed by atoms with Gasteiger partial charge in [0, 0.05) is 23.1 Å². The first kappa shape index (κ1) is 13.7. The van der Waals surface area contributed by atoms with Gasteiger partial charge in [0.15, 0.2) is 0 Å². The molecule has 0 atom stereocenters. The molecule has 17 heavy (non-hydrogen) atoms. The van der Waals surface area contributed by atoms with E-state index in [9.17, 15) is 0 Å². The van der Waals surface area contributed by atoms with E-state index in [4.69, 9.17) is 0 Å². The Balaban J connectivity index is 1.52. The van der Waals surface area contributed by atoms with Crippen molar-refractivity contribution in [3.8, 4) is 0 Å². The predicted octanol–water partition coefficient (Wildman–Crippen LogP) is 2.74. The zero-order valence-corrected chi connectivity index (χ0v) is 12.3. The first-order valence-electron chi connectivity index (χ1n) is 7.25. The molecule has 2 rings (SSSR count). The maximum absolute atomic E-state index is 3.60. The van der Waals surface area contributed by atoms with Crippen LogP contribution in [0.3, 0.4) is 0 Å². The number of thioether (sulfide) groups is 1. The molecular weight excluding hydrogens is 228 g/mol. The van der Waals surface area contributed by atoms with Crippen molar-refractivity contribution in [3.63, 3.8) is 0 Å². The van der Waals surface area contributed by atoms with Crippen LogP contribution in [0.5, 0.6) is 0 Å². The van der Waals surface area contributed by atoms with E-state index in [2.05, 4.69) is 35.8 Å². The van der Waals surface area contributed by atoms with Crippen LogP contribution in [0.1, 0.15) is 46.0 Å². The van der Waals surface area contributed by atoms with E-state index in [0.29, 0.717) is 4.75 Å². The van der Waals surface area contributed by atoms with Gasteiger partial charge in [0.25, 0.3) is 0 Å². The lowest BCUT2D eigenvalue weighted by atomic mass is 10.1. The van der Waals surface area contributed by atoms with Crippen molar-refractivity contribution in [1.29, 1.82) is 0 Å². The van der Waals surface area contributed by atoms with E-state index in [1.54, 1.807) is 0 Å². The molecule has 1 N–H and O–H groups in total. The molecule has 1 aliphatic heterocycles. The molecule has 2 aliphatic rings. The minimum Gasteiger partial charge on any atom is -0.314 e. The molecule has 0 bridgehead atoms. The molecule has 0 unspecified atom stereocenters. The molecule has 0 radical (unpaired) electrons. The molecule has 1 saturated carbocycles. The minimum atomic E-state index is 0.502. The molecule has 2 fully saturated rings. The minimum absolute atomic E-state index is 0.502.